The highest BCUT2D eigenvalue weighted by atomic mass is 16.6. The number of ether oxygens (including phenoxy) is 2. The molecule has 0 fully saturated rings. The van der Waals surface area contributed by atoms with E-state index in [1.165, 1.54) is 17.0 Å². The van der Waals surface area contributed by atoms with Gasteiger partial charge in [0.1, 0.15) is 35.1 Å². The van der Waals surface area contributed by atoms with Crippen molar-refractivity contribution in [2.45, 2.75) is 104 Å². The molecule has 0 spiro atoms. The normalized spacial score (nSPS) is 13.8. The zero-order valence-electron chi connectivity index (χ0n) is 27.5. The van der Waals surface area contributed by atoms with Gasteiger partial charge in [-0.05, 0) is 77.1 Å². The number of alkyl carbamates (subject to hydrolysis) is 1. The molecule has 10 nitrogen and oxygen atoms in total. The van der Waals surface area contributed by atoms with Crippen molar-refractivity contribution in [3.63, 3.8) is 0 Å². The molecule has 0 saturated heterocycles. The second-order valence-electron chi connectivity index (χ2n) is 13.2. The number of carbonyl (C=O) groups excluding carboxylic acids is 4. The molecule has 3 atom stereocenters. The van der Waals surface area contributed by atoms with Crippen LogP contribution in [0.2, 0.25) is 0 Å². The first-order chi connectivity index (χ1) is 20.4. The molecule has 3 unspecified atom stereocenters. The standard InChI is InChI=1S/C34H49N3O7/c1-10-19-37(30(40)27(22(2)3)36-32(42)44-34(7,8)9)28(24-17-14-18-25(38)21-24)29(39)35-26(31(41)43-33(4,5)6)20-23-15-12-11-13-16-23/h11-18,21-22,26-28,38H,10,19-20H2,1-9H3,(H,35,39)(H,36,42). The van der Waals surface area contributed by atoms with Crippen molar-refractivity contribution in [1.82, 2.24) is 15.5 Å². The molecule has 2 aromatic rings. The third-order valence-electron chi connectivity index (χ3n) is 6.39. The quantitative estimate of drug-likeness (QED) is 0.278. The minimum Gasteiger partial charge on any atom is -0.508 e. The van der Waals surface area contributed by atoms with Gasteiger partial charge in [-0.1, -0.05) is 63.2 Å². The van der Waals surface area contributed by atoms with Crippen LogP contribution in [0.15, 0.2) is 54.6 Å². The highest BCUT2D eigenvalue weighted by Gasteiger charge is 2.39. The van der Waals surface area contributed by atoms with E-state index in [9.17, 15) is 24.3 Å². The number of aromatic hydroxyl groups is 1. The van der Waals surface area contributed by atoms with Crippen LogP contribution >= 0.6 is 0 Å². The summed E-state index contributed by atoms with van der Waals surface area (Å²) in [6.07, 6.45) is -0.109. The lowest BCUT2D eigenvalue weighted by molar-refractivity contribution is -0.159. The number of phenolic OH excluding ortho intramolecular Hbond substituents is 1. The van der Waals surface area contributed by atoms with Gasteiger partial charge in [-0.2, -0.15) is 0 Å². The molecule has 0 aromatic heterocycles. The molecule has 3 N–H and O–H groups in total. The highest BCUT2D eigenvalue weighted by Crippen LogP contribution is 2.27. The fourth-order valence-electron chi connectivity index (χ4n) is 4.57. The van der Waals surface area contributed by atoms with Crippen molar-refractivity contribution >= 4 is 23.9 Å². The number of nitrogens with one attached hydrogen (secondary N) is 2. The summed E-state index contributed by atoms with van der Waals surface area (Å²) in [6.45, 7) is 16.0. The maximum Gasteiger partial charge on any atom is 0.408 e. The molecule has 0 saturated carbocycles. The van der Waals surface area contributed by atoms with Crippen LogP contribution < -0.4 is 10.6 Å². The second kappa shape index (κ2) is 15.6. The minimum atomic E-state index is -1.24. The van der Waals surface area contributed by atoms with Crippen molar-refractivity contribution < 1.29 is 33.8 Å². The lowest BCUT2D eigenvalue weighted by atomic mass is 9.97. The number of hydrogen-bond donors (Lipinski definition) is 3. The molecule has 0 heterocycles. The second-order valence-corrected chi connectivity index (χ2v) is 13.2. The lowest BCUT2D eigenvalue weighted by Crippen LogP contribution is -2.56. The van der Waals surface area contributed by atoms with Crippen molar-refractivity contribution in [1.29, 1.82) is 0 Å². The van der Waals surface area contributed by atoms with E-state index < -0.39 is 53.2 Å². The summed E-state index contributed by atoms with van der Waals surface area (Å²) in [7, 11) is 0. The maximum atomic E-state index is 14.2. The van der Waals surface area contributed by atoms with Crippen LogP contribution in [0.3, 0.4) is 0 Å². The maximum absolute atomic E-state index is 14.2. The van der Waals surface area contributed by atoms with Crippen molar-refractivity contribution in [2.24, 2.45) is 5.92 Å². The Bertz CT molecular complexity index is 1270. The average Bonchev–Trinajstić information content (AvgIpc) is 2.89. The van der Waals surface area contributed by atoms with Gasteiger partial charge in [-0.25, -0.2) is 9.59 Å². The lowest BCUT2D eigenvalue weighted by Gasteiger charge is -2.36. The van der Waals surface area contributed by atoms with Crippen molar-refractivity contribution in [2.75, 3.05) is 6.54 Å². The average molecular weight is 612 g/mol. The molecule has 2 aromatic carbocycles. The number of benzene rings is 2. The van der Waals surface area contributed by atoms with Gasteiger partial charge in [-0.3, -0.25) is 9.59 Å². The molecule has 0 aliphatic rings. The van der Waals surface area contributed by atoms with Crippen LogP contribution in [0.25, 0.3) is 0 Å². The Kier molecular flexibility index (Phi) is 12.8. The van der Waals surface area contributed by atoms with E-state index in [0.717, 1.165) is 5.56 Å². The van der Waals surface area contributed by atoms with E-state index in [1.807, 2.05) is 37.3 Å². The summed E-state index contributed by atoms with van der Waals surface area (Å²) in [5, 5.41) is 15.8. The Labute approximate surface area is 261 Å². The van der Waals surface area contributed by atoms with E-state index in [2.05, 4.69) is 10.6 Å². The molecular weight excluding hydrogens is 562 g/mol. The molecule has 10 heteroatoms. The fraction of sp³-hybridized carbons (Fsp3) is 0.529. The predicted octanol–water partition coefficient (Wildman–Crippen LogP) is 5.29. The minimum absolute atomic E-state index is 0.0931. The van der Waals surface area contributed by atoms with E-state index in [0.29, 0.717) is 12.0 Å². The smallest absolute Gasteiger partial charge is 0.408 e. The van der Waals surface area contributed by atoms with Crippen molar-refractivity contribution in [3.05, 3.63) is 65.7 Å². The van der Waals surface area contributed by atoms with Crippen LogP contribution in [0.4, 0.5) is 4.79 Å². The Balaban J connectivity index is 2.56. The Morgan fingerprint density at radius 2 is 1.48 bits per heavy atom. The molecule has 0 aliphatic carbocycles. The summed E-state index contributed by atoms with van der Waals surface area (Å²) in [6, 6.07) is 12.0. The van der Waals surface area contributed by atoms with Gasteiger partial charge in [0.2, 0.25) is 11.8 Å². The molecule has 242 valence electrons. The van der Waals surface area contributed by atoms with Crippen LogP contribution in [-0.2, 0) is 30.3 Å². The monoisotopic (exact) mass is 611 g/mol. The number of rotatable bonds is 12. The Morgan fingerprint density at radius 1 is 0.864 bits per heavy atom. The van der Waals surface area contributed by atoms with Crippen LogP contribution in [0, 0.1) is 5.92 Å². The summed E-state index contributed by atoms with van der Waals surface area (Å²) in [5.41, 5.74) is -0.437. The van der Waals surface area contributed by atoms with Crippen molar-refractivity contribution in [3.8, 4) is 5.75 Å². The summed E-state index contributed by atoms with van der Waals surface area (Å²) < 4.78 is 11.1. The van der Waals surface area contributed by atoms with Gasteiger partial charge in [0.05, 0.1) is 0 Å². The van der Waals surface area contributed by atoms with Gasteiger partial charge in [-0.15, -0.1) is 0 Å². The van der Waals surface area contributed by atoms with E-state index >= 15 is 0 Å². The molecule has 2 rings (SSSR count). The first-order valence-corrected chi connectivity index (χ1v) is 15.1. The summed E-state index contributed by atoms with van der Waals surface area (Å²) in [4.78, 5) is 55.9. The first-order valence-electron chi connectivity index (χ1n) is 15.1. The number of hydrogen-bond acceptors (Lipinski definition) is 7. The van der Waals surface area contributed by atoms with Gasteiger partial charge in [0.15, 0.2) is 0 Å². The predicted molar refractivity (Wildman–Crippen MR) is 169 cm³/mol. The molecule has 0 radical (unpaired) electrons. The van der Waals surface area contributed by atoms with E-state index in [-0.39, 0.29) is 24.6 Å². The number of phenols is 1. The Hall–Kier alpha value is -4.08. The number of carbonyl (C=O) groups is 4. The van der Waals surface area contributed by atoms with Gasteiger partial charge < -0.3 is 30.1 Å². The topological polar surface area (TPSA) is 134 Å². The van der Waals surface area contributed by atoms with Gasteiger partial charge in [0.25, 0.3) is 0 Å². The van der Waals surface area contributed by atoms with Gasteiger partial charge >= 0.3 is 12.1 Å². The summed E-state index contributed by atoms with van der Waals surface area (Å²) >= 11 is 0. The summed E-state index contributed by atoms with van der Waals surface area (Å²) in [5.74, 6) is -2.21. The largest absolute Gasteiger partial charge is 0.508 e. The number of amides is 3. The number of nitrogens with zero attached hydrogens (tertiary/aromatic N) is 1. The SMILES string of the molecule is CCCN(C(=O)C(NC(=O)OC(C)(C)C)C(C)C)C(C(=O)NC(Cc1ccccc1)C(=O)OC(C)(C)C)c1cccc(O)c1. The Morgan fingerprint density at radius 3 is 2.00 bits per heavy atom. The fourth-order valence-corrected chi connectivity index (χ4v) is 4.57. The highest BCUT2D eigenvalue weighted by molar-refractivity contribution is 5.94. The third-order valence-corrected chi connectivity index (χ3v) is 6.39. The van der Waals surface area contributed by atoms with Crippen LogP contribution in [0.5, 0.6) is 5.75 Å². The van der Waals surface area contributed by atoms with Crippen LogP contribution in [-0.4, -0.2) is 63.7 Å². The zero-order chi connectivity index (χ0) is 33.2. The first kappa shape index (κ1) is 36.1. The van der Waals surface area contributed by atoms with E-state index in [4.69, 9.17) is 9.47 Å². The molecule has 0 bridgehead atoms. The van der Waals surface area contributed by atoms with Gasteiger partial charge in [0, 0.05) is 13.0 Å². The number of esters is 1. The third kappa shape index (κ3) is 11.5. The molecule has 0 aliphatic heterocycles. The molecule has 44 heavy (non-hydrogen) atoms. The zero-order valence-corrected chi connectivity index (χ0v) is 27.5. The van der Waals surface area contributed by atoms with Crippen LogP contribution in [0.1, 0.15) is 85.9 Å². The molecular formula is C34H49N3O7. The van der Waals surface area contributed by atoms with E-state index in [1.54, 1.807) is 67.5 Å². The molecule has 3 amide bonds.